The van der Waals surface area contributed by atoms with Gasteiger partial charge in [-0.05, 0) is 0 Å². The van der Waals surface area contributed by atoms with Gasteiger partial charge in [0.05, 0.1) is 0 Å². The molecule has 0 amide bonds. The van der Waals surface area contributed by atoms with Crippen molar-refractivity contribution in [3.8, 4) is 0 Å². The molecule has 0 saturated carbocycles. The Morgan fingerprint density at radius 3 is 1.56 bits per heavy atom. The fourth-order valence-electron chi connectivity index (χ4n) is 1.82. The van der Waals surface area contributed by atoms with E-state index in [-0.39, 0.29) is 0 Å². The monoisotopic (exact) mass is 276 g/mol. The molecule has 0 N–H and O–H groups in total. The lowest BCUT2D eigenvalue weighted by Gasteiger charge is -2.20. The van der Waals surface area contributed by atoms with Gasteiger partial charge in [-0.25, -0.2) is 0 Å². The Balaban J connectivity index is 2.52. The molecule has 2 aromatic rings. The van der Waals surface area contributed by atoms with Crippen LogP contribution >= 0.6 is 17.7 Å². The van der Waals surface area contributed by atoms with E-state index in [1.54, 1.807) is 11.4 Å². The Bertz CT molecular complexity index is 493. The number of rotatable bonds is 4. The summed E-state index contributed by atoms with van der Waals surface area (Å²) in [6.07, 6.45) is -2.56. The van der Waals surface area contributed by atoms with Crippen LogP contribution in [0.3, 0.4) is 0 Å². The van der Waals surface area contributed by atoms with Gasteiger partial charge in [0.1, 0.15) is 0 Å². The summed E-state index contributed by atoms with van der Waals surface area (Å²) < 4.78 is 13.4. The maximum atomic E-state index is 13.4. The minimum absolute atomic E-state index is 0.330. The van der Waals surface area contributed by atoms with E-state index in [1.807, 2.05) is 60.7 Å². The molecule has 1 nitrogen and oxygen atoms in total. The highest BCUT2D eigenvalue weighted by molar-refractivity contribution is 8.62. The second-order valence-electron chi connectivity index (χ2n) is 4.38. The van der Waals surface area contributed by atoms with Gasteiger partial charge >= 0.3 is 0 Å². The number of benzene rings is 2. The predicted octanol–water partition coefficient (Wildman–Crippen LogP) is 4.06. The van der Waals surface area contributed by atoms with Crippen LogP contribution in [0, 0.1) is 0 Å². The van der Waals surface area contributed by atoms with Gasteiger partial charge in [-0.15, -0.1) is 0 Å². The number of hydrogen-bond acceptors (Lipinski definition) is 2. The smallest absolute Gasteiger partial charge is 0.195 e. The molecule has 0 atom stereocenters. The zero-order valence-corrected chi connectivity index (χ0v) is 12.3. The van der Waals surface area contributed by atoms with Crippen LogP contribution in [0.2, 0.25) is 0 Å². The molecule has 0 spiro atoms. The summed E-state index contributed by atoms with van der Waals surface area (Å²) in [5, 5.41) is 2.18. The lowest BCUT2D eigenvalue weighted by atomic mass is 10.4. The fourth-order valence-corrected chi connectivity index (χ4v) is 7.32. The molecule has 0 heterocycles. The van der Waals surface area contributed by atoms with Crippen molar-refractivity contribution in [2.75, 3.05) is 0 Å². The van der Waals surface area contributed by atoms with E-state index < -0.39 is 6.34 Å². The zero-order valence-electron chi connectivity index (χ0n) is 10.6. The van der Waals surface area contributed by atoms with Crippen molar-refractivity contribution < 1.29 is 4.57 Å². The molecule has 0 unspecified atom stereocenters. The molecule has 0 aromatic heterocycles. The normalized spacial score (nSPS) is 11.7. The van der Waals surface area contributed by atoms with Crippen molar-refractivity contribution in [3.05, 3.63) is 60.7 Å². The molecular weight excluding hydrogens is 259 g/mol. The summed E-state index contributed by atoms with van der Waals surface area (Å²) >= 11 is 1.56. The maximum absolute atomic E-state index is 13.4. The largest absolute Gasteiger partial charge is 0.302 e. The first-order valence-electron chi connectivity index (χ1n) is 6.02. The Kier molecular flexibility index (Phi) is 4.31. The molecule has 18 heavy (non-hydrogen) atoms. The molecule has 0 aliphatic carbocycles. The summed E-state index contributed by atoms with van der Waals surface area (Å²) in [5.74, 6) is 0. The fraction of sp³-hybridized carbons (Fsp3) is 0.200. The van der Waals surface area contributed by atoms with Crippen LogP contribution in [-0.2, 0) is 4.57 Å². The molecule has 94 valence electrons. The number of hydrogen-bond donors (Lipinski definition) is 0. The van der Waals surface area contributed by atoms with Gasteiger partial charge in [-0.2, -0.15) is 0 Å². The van der Waals surface area contributed by atoms with Gasteiger partial charge in [0, 0.05) is 15.9 Å². The van der Waals surface area contributed by atoms with Crippen molar-refractivity contribution in [2.24, 2.45) is 0 Å². The molecule has 0 aliphatic heterocycles. The molecule has 0 bridgehead atoms. The third-order valence-corrected chi connectivity index (χ3v) is 8.65. The molecule has 3 heteroatoms. The highest BCUT2D eigenvalue weighted by Crippen LogP contribution is 2.58. The maximum Gasteiger partial charge on any atom is 0.195 e. The molecule has 2 rings (SSSR count). The van der Waals surface area contributed by atoms with Crippen molar-refractivity contribution in [3.63, 3.8) is 0 Å². The molecule has 0 radical (unpaired) electrons. The van der Waals surface area contributed by atoms with Crippen molar-refractivity contribution in [2.45, 2.75) is 19.1 Å². The van der Waals surface area contributed by atoms with Crippen LogP contribution in [0.1, 0.15) is 13.8 Å². The highest BCUT2D eigenvalue weighted by atomic mass is 32.7. The molecular formula is C15H17OPS. The van der Waals surface area contributed by atoms with Gasteiger partial charge in [0.15, 0.2) is 6.34 Å². The van der Waals surface area contributed by atoms with Gasteiger partial charge in [-0.3, -0.25) is 0 Å². The Morgan fingerprint density at radius 2 is 1.22 bits per heavy atom. The molecule has 0 fully saturated rings. The lowest BCUT2D eigenvalue weighted by molar-refractivity contribution is 0.595. The van der Waals surface area contributed by atoms with Gasteiger partial charge in [0.25, 0.3) is 0 Å². The standard InChI is InChI=1S/C15H17OPS/c1-13(2)18-17(16,14-9-5-3-6-10-14)15-11-7-4-8-12-15/h3-13H,1-2H3. The first-order valence-corrected chi connectivity index (χ1v) is 9.22. The first-order chi connectivity index (χ1) is 8.63. The van der Waals surface area contributed by atoms with E-state index in [0.717, 1.165) is 10.6 Å². The minimum Gasteiger partial charge on any atom is -0.302 e. The van der Waals surface area contributed by atoms with Crippen molar-refractivity contribution in [1.82, 2.24) is 0 Å². The van der Waals surface area contributed by atoms with E-state index in [9.17, 15) is 4.57 Å². The van der Waals surface area contributed by atoms with E-state index in [4.69, 9.17) is 0 Å². The lowest BCUT2D eigenvalue weighted by Crippen LogP contribution is -2.14. The first kappa shape index (κ1) is 13.5. The van der Waals surface area contributed by atoms with E-state index in [2.05, 4.69) is 13.8 Å². The van der Waals surface area contributed by atoms with Gasteiger partial charge in [-0.1, -0.05) is 85.9 Å². The summed E-state index contributed by atoms with van der Waals surface area (Å²) in [4.78, 5) is 0. The highest BCUT2D eigenvalue weighted by Gasteiger charge is 2.28. The Hall–Kier alpha value is -0.980. The summed E-state index contributed by atoms with van der Waals surface area (Å²) in [5.41, 5.74) is 0. The Labute approximate surface area is 113 Å². The average Bonchev–Trinajstić information content (AvgIpc) is 2.40. The molecule has 0 saturated heterocycles. The van der Waals surface area contributed by atoms with Crippen LogP contribution in [0.4, 0.5) is 0 Å². The topological polar surface area (TPSA) is 17.1 Å². The van der Waals surface area contributed by atoms with Gasteiger partial charge in [0.2, 0.25) is 0 Å². The third kappa shape index (κ3) is 2.88. The van der Waals surface area contributed by atoms with E-state index in [1.165, 1.54) is 0 Å². The minimum atomic E-state index is -2.56. The van der Waals surface area contributed by atoms with Crippen LogP contribution < -0.4 is 10.6 Å². The quantitative estimate of drug-likeness (QED) is 0.783. The van der Waals surface area contributed by atoms with Gasteiger partial charge < -0.3 is 4.57 Å². The van der Waals surface area contributed by atoms with Crippen molar-refractivity contribution in [1.29, 1.82) is 0 Å². The van der Waals surface area contributed by atoms with E-state index in [0.29, 0.717) is 5.25 Å². The van der Waals surface area contributed by atoms with Crippen LogP contribution in [0.15, 0.2) is 60.7 Å². The van der Waals surface area contributed by atoms with Crippen LogP contribution in [0.25, 0.3) is 0 Å². The molecule has 0 aliphatic rings. The molecule has 2 aromatic carbocycles. The van der Waals surface area contributed by atoms with Crippen LogP contribution in [0.5, 0.6) is 0 Å². The Morgan fingerprint density at radius 1 is 0.833 bits per heavy atom. The third-order valence-electron chi connectivity index (χ3n) is 2.55. The zero-order chi connectivity index (χ0) is 13.0. The van der Waals surface area contributed by atoms with E-state index >= 15 is 0 Å². The van der Waals surface area contributed by atoms with Crippen LogP contribution in [-0.4, -0.2) is 5.25 Å². The second-order valence-corrected chi connectivity index (χ2v) is 9.84. The summed E-state index contributed by atoms with van der Waals surface area (Å²) in [6.45, 7) is 4.17. The summed E-state index contributed by atoms with van der Waals surface area (Å²) in [7, 11) is 0. The summed E-state index contributed by atoms with van der Waals surface area (Å²) in [6, 6.07) is 19.6. The second kappa shape index (κ2) is 5.77. The SMILES string of the molecule is CC(C)SP(=O)(c1ccccc1)c1ccccc1. The average molecular weight is 276 g/mol. The van der Waals surface area contributed by atoms with Crippen molar-refractivity contribution >= 4 is 28.3 Å². The predicted molar refractivity (Wildman–Crippen MR) is 82.5 cm³/mol.